The monoisotopic (exact) mass is 299 g/mol. The number of hydrogen-bond acceptors (Lipinski definition) is 2. The lowest BCUT2D eigenvalue weighted by molar-refractivity contribution is 0.209. The lowest BCUT2D eigenvalue weighted by atomic mass is 9.96. The zero-order valence-electron chi connectivity index (χ0n) is 12.9. The molecule has 2 aromatic rings. The van der Waals surface area contributed by atoms with Gasteiger partial charge in [-0.15, -0.1) is 0 Å². The van der Waals surface area contributed by atoms with Crippen LogP contribution in [0.25, 0.3) is 0 Å². The van der Waals surface area contributed by atoms with Crippen LogP contribution in [0.4, 0.5) is 4.39 Å². The minimum Gasteiger partial charge on any atom is -0.384 e. The van der Waals surface area contributed by atoms with Crippen LogP contribution < -0.4 is 0 Å². The van der Waals surface area contributed by atoms with Crippen LogP contribution >= 0.6 is 0 Å². The topological polar surface area (TPSA) is 33.1 Å². The summed E-state index contributed by atoms with van der Waals surface area (Å²) in [5.41, 5.74) is 2.84. The minimum atomic E-state index is -0.624. The second kappa shape index (κ2) is 8.44. The van der Waals surface area contributed by atoms with Crippen molar-refractivity contribution in [2.75, 3.05) is 0 Å². The largest absolute Gasteiger partial charge is 0.384 e. The van der Waals surface area contributed by atoms with Gasteiger partial charge >= 0.3 is 0 Å². The summed E-state index contributed by atoms with van der Waals surface area (Å²) < 4.78 is 12.9. The van der Waals surface area contributed by atoms with E-state index >= 15 is 0 Å². The number of aliphatic hydroxyl groups is 1. The van der Waals surface area contributed by atoms with E-state index in [0.717, 1.165) is 36.0 Å². The Balaban J connectivity index is 2.14. The summed E-state index contributed by atoms with van der Waals surface area (Å²) in [4.78, 5) is 4.07. The fourth-order valence-corrected chi connectivity index (χ4v) is 2.35. The van der Waals surface area contributed by atoms with Crippen molar-refractivity contribution in [3.05, 3.63) is 77.4 Å². The van der Waals surface area contributed by atoms with Crippen molar-refractivity contribution < 1.29 is 9.50 Å². The van der Waals surface area contributed by atoms with Gasteiger partial charge in [0.25, 0.3) is 0 Å². The van der Waals surface area contributed by atoms with Gasteiger partial charge in [0.15, 0.2) is 0 Å². The number of unbranched alkanes of at least 4 members (excludes halogenated alkanes) is 1. The first-order chi connectivity index (χ1) is 10.7. The van der Waals surface area contributed by atoms with Crippen molar-refractivity contribution in [3.8, 4) is 0 Å². The predicted octanol–water partition coefficient (Wildman–Crippen LogP) is 4.61. The summed E-state index contributed by atoms with van der Waals surface area (Å²) in [6.45, 7) is 2.13. The molecule has 0 aliphatic carbocycles. The number of benzene rings is 1. The van der Waals surface area contributed by atoms with E-state index in [1.165, 1.54) is 12.1 Å². The first-order valence-electron chi connectivity index (χ1n) is 7.72. The van der Waals surface area contributed by atoms with Crippen molar-refractivity contribution >= 4 is 0 Å². The molecule has 0 bridgehead atoms. The number of allylic oxidation sites excluding steroid dienone is 1. The molecule has 0 saturated heterocycles. The molecule has 0 aliphatic heterocycles. The molecular weight excluding hydrogens is 277 g/mol. The molecule has 1 aromatic heterocycles. The predicted molar refractivity (Wildman–Crippen MR) is 86.9 cm³/mol. The van der Waals surface area contributed by atoms with Crippen LogP contribution in [0.3, 0.4) is 0 Å². The van der Waals surface area contributed by atoms with Crippen LogP contribution in [-0.2, 0) is 6.42 Å². The van der Waals surface area contributed by atoms with Gasteiger partial charge in [-0.3, -0.25) is 4.98 Å². The summed E-state index contributed by atoms with van der Waals surface area (Å²) in [5.74, 6) is -0.227. The van der Waals surface area contributed by atoms with Crippen molar-refractivity contribution in [3.63, 3.8) is 0 Å². The van der Waals surface area contributed by atoms with Crippen LogP contribution in [-0.4, -0.2) is 10.1 Å². The fourth-order valence-electron chi connectivity index (χ4n) is 2.35. The second-order valence-corrected chi connectivity index (χ2v) is 5.40. The molecule has 1 heterocycles. The van der Waals surface area contributed by atoms with Gasteiger partial charge in [-0.1, -0.05) is 37.6 Å². The third kappa shape index (κ3) is 4.78. The average Bonchev–Trinajstić information content (AvgIpc) is 2.57. The summed E-state index contributed by atoms with van der Waals surface area (Å²) >= 11 is 0. The molecular formula is C19H22FNO. The molecule has 1 atom stereocenters. The molecule has 2 nitrogen and oxygen atoms in total. The third-order valence-corrected chi connectivity index (χ3v) is 3.68. The Kier molecular flexibility index (Phi) is 6.28. The molecule has 2 rings (SSSR count). The fraction of sp³-hybridized carbons (Fsp3) is 0.316. The molecule has 1 aromatic carbocycles. The number of pyridine rings is 1. The number of rotatable bonds is 7. The maximum atomic E-state index is 12.9. The highest BCUT2D eigenvalue weighted by Gasteiger charge is 2.13. The van der Waals surface area contributed by atoms with Gasteiger partial charge in [-0.05, 0) is 48.6 Å². The highest BCUT2D eigenvalue weighted by molar-refractivity contribution is 5.26. The highest BCUT2D eigenvalue weighted by atomic mass is 19.1. The Labute approximate surface area is 131 Å². The molecule has 3 heteroatoms. The van der Waals surface area contributed by atoms with Gasteiger partial charge in [-0.25, -0.2) is 4.39 Å². The van der Waals surface area contributed by atoms with Crippen LogP contribution in [0.15, 0.2) is 60.4 Å². The number of nitrogens with zero attached hydrogens (tertiary/aromatic N) is 1. The smallest absolute Gasteiger partial charge is 0.123 e. The molecule has 1 N–H and O–H groups in total. The average molecular weight is 299 g/mol. The Morgan fingerprint density at radius 2 is 2.05 bits per heavy atom. The highest BCUT2D eigenvalue weighted by Crippen LogP contribution is 2.25. The van der Waals surface area contributed by atoms with E-state index in [1.54, 1.807) is 24.5 Å². The third-order valence-electron chi connectivity index (χ3n) is 3.68. The molecule has 0 amide bonds. The quantitative estimate of drug-likeness (QED) is 0.757. The van der Waals surface area contributed by atoms with E-state index in [0.29, 0.717) is 6.42 Å². The zero-order valence-corrected chi connectivity index (χ0v) is 12.9. The molecule has 22 heavy (non-hydrogen) atoms. The molecule has 0 aliphatic rings. The standard InChI is InChI=1S/C19H22FNO/c1-2-3-5-16(19(22)17-6-4-13-21-14-17)10-7-15-8-11-18(20)12-9-15/h4,6,8-14,19,22H,2-3,5,7H2,1H3/b16-10-. The van der Waals surface area contributed by atoms with Crippen LogP contribution in [0.5, 0.6) is 0 Å². The zero-order chi connectivity index (χ0) is 15.8. The Morgan fingerprint density at radius 3 is 2.68 bits per heavy atom. The Bertz CT molecular complexity index is 593. The number of aromatic nitrogens is 1. The van der Waals surface area contributed by atoms with Gasteiger partial charge in [0.1, 0.15) is 11.9 Å². The van der Waals surface area contributed by atoms with Crippen molar-refractivity contribution in [1.29, 1.82) is 0 Å². The molecule has 116 valence electrons. The van der Waals surface area contributed by atoms with Gasteiger partial charge in [0, 0.05) is 18.0 Å². The van der Waals surface area contributed by atoms with E-state index in [-0.39, 0.29) is 5.82 Å². The summed E-state index contributed by atoms with van der Waals surface area (Å²) in [7, 11) is 0. The van der Waals surface area contributed by atoms with Gasteiger partial charge < -0.3 is 5.11 Å². The summed E-state index contributed by atoms with van der Waals surface area (Å²) in [6, 6.07) is 10.2. The maximum Gasteiger partial charge on any atom is 0.123 e. The van der Waals surface area contributed by atoms with E-state index in [2.05, 4.69) is 18.0 Å². The first-order valence-corrected chi connectivity index (χ1v) is 7.72. The Hall–Kier alpha value is -2.00. The number of halogens is 1. The SMILES string of the molecule is CCCC/C(=C/Cc1ccc(F)cc1)C(O)c1cccnc1. The van der Waals surface area contributed by atoms with Crippen LogP contribution in [0, 0.1) is 5.82 Å². The maximum absolute atomic E-state index is 12.9. The number of hydrogen-bond donors (Lipinski definition) is 1. The normalized spacial score (nSPS) is 13.1. The molecule has 0 saturated carbocycles. The van der Waals surface area contributed by atoms with E-state index < -0.39 is 6.10 Å². The van der Waals surface area contributed by atoms with Crippen molar-refractivity contribution in [2.24, 2.45) is 0 Å². The van der Waals surface area contributed by atoms with Crippen molar-refractivity contribution in [1.82, 2.24) is 4.98 Å². The Morgan fingerprint density at radius 1 is 1.27 bits per heavy atom. The molecule has 1 unspecified atom stereocenters. The van der Waals surface area contributed by atoms with Crippen LogP contribution in [0.2, 0.25) is 0 Å². The molecule has 0 fully saturated rings. The first kappa shape index (κ1) is 16.4. The van der Waals surface area contributed by atoms with E-state index in [1.807, 2.05) is 12.1 Å². The van der Waals surface area contributed by atoms with Gasteiger partial charge in [-0.2, -0.15) is 0 Å². The van der Waals surface area contributed by atoms with Crippen LogP contribution in [0.1, 0.15) is 43.4 Å². The molecule has 0 spiro atoms. The molecule has 0 radical (unpaired) electrons. The van der Waals surface area contributed by atoms with Gasteiger partial charge in [0.2, 0.25) is 0 Å². The lowest BCUT2D eigenvalue weighted by Gasteiger charge is -2.15. The van der Waals surface area contributed by atoms with Gasteiger partial charge in [0.05, 0.1) is 0 Å². The summed E-state index contributed by atoms with van der Waals surface area (Å²) in [6.07, 6.45) is 8.48. The lowest BCUT2D eigenvalue weighted by Crippen LogP contribution is -2.03. The minimum absolute atomic E-state index is 0.227. The van der Waals surface area contributed by atoms with E-state index in [9.17, 15) is 9.50 Å². The van der Waals surface area contributed by atoms with Crippen molar-refractivity contribution in [2.45, 2.75) is 38.7 Å². The number of aliphatic hydroxyl groups excluding tert-OH is 1. The van der Waals surface area contributed by atoms with E-state index in [4.69, 9.17) is 0 Å². The second-order valence-electron chi connectivity index (χ2n) is 5.40. The summed E-state index contributed by atoms with van der Waals surface area (Å²) in [5, 5.41) is 10.6.